The van der Waals surface area contributed by atoms with Crippen molar-refractivity contribution in [2.45, 2.75) is 33.9 Å². The first kappa shape index (κ1) is 18.6. The van der Waals surface area contributed by atoms with E-state index in [1.54, 1.807) is 62.5 Å². The molecular formula is C20H22N2O5. The minimum absolute atomic E-state index is 0.251. The van der Waals surface area contributed by atoms with Crippen molar-refractivity contribution >= 4 is 11.9 Å². The molecule has 142 valence electrons. The lowest BCUT2D eigenvalue weighted by molar-refractivity contribution is 0.0525. The predicted molar refractivity (Wildman–Crippen MR) is 97.2 cm³/mol. The summed E-state index contributed by atoms with van der Waals surface area (Å²) in [5, 5.41) is 0. The number of nitrogens with one attached hydrogen (secondary N) is 1. The normalized spacial score (nSPS) is 10.8. The fourth-order valence-corrected chi connectivity index (χ4v) is 3.01. The van der Waals surface area contributed by atoms with Gasteiger partial charge >= 0.3 is 5.97 Å². The molecule has 3 rings (SSSR count). The first-order valence-electron chi connectivity index (χ1n) is 8.71. The van der Waals surface area contributed by atoms with Gasteiger partial charge in [-0.05, 0) is 50.6 Å². The van der Waals surface area contributed by atoms with Gasteiger partial charge in [0.15, 0.2) is 0 Å². The van der Waals surface area contributed by atoms with Crippen LogP contribution in [0.5, 0.6) is 0 Å². The van der Waals surface area contributed by atoms with Crippen LogP contribution in [-0.4, -0.2) is 28.4 Å². The highest BCUT2D eigenvalue weighted by Gasteiger charge is 2.27. The standard InChI is InChI=1S/C20H22N2O5/c1-4-25-20(24)17-13(2)18(21-14(17)3)19(23)22(11-15-7-5-9-26-15)12-16-8-6-10-27-16/h5-10,21H,4,11-12H2,1-3H3. The predicted octanol–water partition coefficient (Wildman–Crippen LogP) is 3.84. The van der Waals surface area contributed by atoms with Gasteiger partial charge in [-0.15, -0.1) is 0 Å². The molecule has 0 saturated carbocycles. The molecule has 3 heterocycles. The average molecular weight is 370 g/mol. The van der Waals surface area contributed by atoms with E-state index in [1.165, 1.54) is 0 Å². The zero-order valence-electron chi connectivity index (χ0n) is 15.6. The lowest BCUT2D eigenvalue weighted by Gasteiger charge is -2.20. The summed E-state index contributed by atoms with van der Waals surface area (Å²) in [6.45, 7) is 6.06. The molecule has 0 radical (unpaired) electrons. The van der Waals surface area contributed by atoms with E-state index in [-0.39, 0.29) is 25.6 Å². The SMILES string of the molecule is CCOC(=O)c1c(C)[nH]c(C(=O)N(Cc2ccco2)Cc2ccco2)c1C. The summed E-state index contributed by atoms with van der Waals surface area (Å²) in [5.41, 5.74) is 1.93. The first-order chi connectivity index (χ1) is 13.0. The molecule has 0 atom stereocenters. The number of ether oxygens (including phenoxy) is 1. The third-order valence-electron chi connectivity index (χ3n) is 4.27. The van der Waals surface area contributed by atoms with Gasteiger partial charge < -0.3 is 23.5 Å². The molecule has 0 aliphatic heterocycles. The molecule has 0 bridgehead atoms. The van der Waals surface area contributed by atoms with Crippen molar-refractivity contribution < 1.29 is 23.2 Å². The van der Waals surface area contributed by atoms with Crippen LogP contribution >= 0.6 is 0 Å². The van der Waals surface area contributed by atoms with E-state index in [2.05, 4.69) is 4.98 Å². The molecule has 3 aromatic heterocycles. The van der Waals surface area contributed by atoms with Crippen molar-refractivity contribution in [1.82, 2.24) is 9.88 Å². The molecule has 3 aromatic rings. The lowest BCUT2D eigenvalue weighted by Crippen LogP contribution is -2.30. The number of rotatable bonds is 7. The van der Waals surface area contributed by atoms with Crippen LogP contribution in [0.1, 0.15) is 50.5 Å². The maximum absolute atomic E-state index is 13.2. The van der Waals surface area contributed by atoms with Gasteiger partial charge in [0.25, 0.3) is 5.91 Å². The van der Waals surface area contributed by atoms with Crippen LogP contribution in [0.25, 0.3) is 0 Å². The van der Waals surface area contributed by atoms with Gasteiger partial charge in [0.1, 0.15) is 17.2 Å². The maximum Gasteiger partial charge on any atom is 0.340 e. The van der Waals surface area contributed by atoms with E-state index < -0.39 is 5.97 Å². The summed E-state index contributed by atoms with van der Waals surface area (Å²) in [6, 6.07) is 7.15. The average Bonchev–Trinajstić information content (AvgIpc) is 3.37. The quantitative estimate of drug-likeness (QED) is 0.639. The Bertz CT molecular complexity index is 870. The number of amides is 1. The number of esters is 1. The van der Waals surface area contributed by atoms with Crippen molar-refractivity contribution in [3.05, 3.63) is 70.8 Å². The van der Waals surface area contributed by atoms with Crippen molar-refractivity contribution in [2.24, 2.45) is 0 Å². The molecule has 7 heteroatoms. The summed E-state index contributed by atoms with van der Waals surface area (Å²) < 4.78 is 15.9. The van der Waals surface area contributed by atoms with E-state index >= 15 is 0 Å². The number of hydrogen-bond acceptors (Lipinski definition) is 5. The second kappa shape index (κ2) is 7.99. The van der Waals surface area contributed by atoms with Crippen LogP contribution in [0.15, 0.2) is 45.6 Å². The maximum atomic E-state index is 13.2. The first-order valence-corrected chi connectivity index (χ1v) is 8.71. The molecular weight excluding hydrogens is 348 g/mol. The number of aryl methyl sites for hydroxylation is 1. The Hall–Kier alpha value is -3.22. The van der Waals surface area contributed by atoms with Crippen molar-refractivity contribution in [2.75, 3.05) is 6.61 Å². The Balaban J connectivity index is 1.91. The minimum atomic E-state index is -0.439. The van der Waals surface area contributed by atoms with Gasteiger partial charge in [0, 0.05) is 5.69 Å². The number of aromatic nitrogens is 1. The number of H-pyrrole nitrogens is 1. The number of carbonyl (C=O) groups is 2. The van der Waals surface area contributed by atoms with E-state index in [9.17, 15) is 9.59 Å². The molecule has 0 saturated heterocycles. The molecule has 0 unspecified atom stereocenters. The third-order valence-corrected chi connectivity index (χ3v) is 4.27. The van der Waals surface area contributed by atoms with Gasteiger partial charge in [-0.1, -0.05) is 0 Å². The minimum Gasteiger partial charge on any atom is -0.467 e. The highest BCUT2D eigenvalue weighted by atomic mass is 16.5. The highest BCUT2D eigenvalue weighted by Crippen LogP contribution is 2.22. The fourth-order valence-electron chi connectivity index (χ4n) is 3.01. The van der Waals surface area contributed by atoms with Crippen LogP contribution in [0, 0.1) is 13.8 Å². The van der Waals surface area contributed by atoms with E-state index in [0.29, 0.717) is 34.0 Å². The number of nitrogens with zero attached hydrogens (tertiary/aromatic N) is 1. The van der Waals surface area contributed by atoms with E-state index in [1.807, 2.05) is 0 Å². The molecule has 0 fully saturated rings. The molecule has 0 aromatic carbocycles. The highest BCUT2D eigenvalue weighted by molar-refractivity contribution is 6.00. The zero-order valence-corrected chi connectivity index (χ0v) is 15.6. The molecule has 7 nitrogen and oxygen atoms in total. The Morgan fingerprint density at radius 1 is 1.07 bits per heavy atom. The molecule has 0 aliphatic carbocycles. The molecule has 0 spiro atoms. The number of furan rings is 2. The van der Waals surface area contributed by atoms with Crippen molar-refractivity contribution in [3.63, 3.8) is 0 Å². The Labute approximate surface area is 156 Å². The Morgan fingerprint density at radius 2 is 1.67 bits per heavy atom. The van der Waals surface area contributed by atoms with Gasteiger partial charge in [-0.2, -0.15) is 0 Å². The summed E-state index contributed by atoms with van der Waals surface area (Å²) in [6.07, 6.45) is 3.13. The largest absolute Gasteiger partial charge is 0.467 e. The second-order valence-electron chi connectivity index (χ2n) is 6.17. The lowest BCUT2D eigenvalue weighted by atomic mass is 10.1. The molecule has 1 N–H and O–H groups in total. The van der Waals surface area contributed by atoms with E-state index in [0.717, 1.165) is 0 Å². The summed E-state index contributed by atoms with van der Waals surface area (Å²) in [4.78, 5) is 30.1. The van der Waals surface area contributed by atoms with Crippen LogP contribution < -0.4 is 0 Å². The summed E-state index contributed by atoms with van der Waals surface area (Å²) in [7, 11) is 0. The molecule has 27 heavy (non-hydrogen) atoms. The smallest absolute Gasteiger partial charge is 0.340 e. The van der Waals surface area contributed by atoms with Crippen molar-refractivity contribution in [3.8, 4) is 0 Å². The van der Waals surface area contributed by atoms with Gasteiger partial charge in [0.2, 0.25) is 0 Å². The number of carbonyl (C=O) groups excluding carboxylic acids is 2. The second-order valence-corrected chi connectivity index (χ2v) is 6.17. The zero-order chi connectivity index (χ0) is 19.4. The Morgan fingerprint density at radius 3 is 2.15 bits per heavy atom. The van der Waals surface area contributed by atoms with Crippen LogP contribution in [-0.2, 0) is 17.8 Å². The van der Waals surface area contributed by atoms with Crippen LogP contribution in [0.4, 0.5) is 0 Å². The van der Waals surface area contributed by atoms with Crippen LogP contribution in [0.2, 0.25) is 0 Å². The fraction of sp³-hybridized carbons (Fsp3) is 0.300. The topological polar surface area (TPSA) is 88.7 Å². The van der Waals surface area contributed by atoms with Gasteiger partial charge in [-0.3, -0.25) is 4.79 Å². The van der Waals surface area contributed by atoms with Crippen molar-refractivity contribution in [1.29, 1.82) is 0 Å². The molecule has 1 amide bonds. The monoisotopic (exact) mass is 370 g/mol. The molecule has 0 aliphatic rings. The Kier molecular flexibility index (Phi) is 5.49. The summed E-state index contributed by atoms with van der Waals surface area (Å²) in [5.74, 6) is 0.619. The number of hydrogen-bond donors (Lipinski definition) is 1. The number of aromatic amines is 1. The summed E-state index contributed by atoms with van der Waals surface area (Å²) >= 11 is 0. The van der Waals surface area contributed by atoms with E-state index in [4.69, 9.17) is 13.6 Å². The third kappa shape index (κ3) is 3.97. The van der Waals surface area contributed by atoms with Crippen LogP contribution in [0.3, 0.4) is 0 Å². The van der Waals surface area contributed by atoms with Gasteiger partial charge in [-0.25, -0.2) is 4.79 Å². The van der Waals surface area contributed by atoms with Gasteiger partial charge in [0.05, 0.1) is 37.8 Å².